The van der Waals surface area contributed by atoms with E-state index in [-0.39, 0.29) is 17.8 Å². The van der Waals surface area contributed by atoms with Gasteiger partial charge in [0.05, 0.1) is 26.8 Å². The lowest BCUT2D eigenvalue weighted by molar-refractivity contribution is 0.306. The Morgan fingerprint density at radius 2 is 1.88 bits per heavy atom. The Hall–Kier alpha value is -2.80. The van der Waals surface area contributed by atoms with Crippen molar-refractivity contribution in [1.82, 2.24) is 4.90 Å². The summed E-state index contributed by atoms with van der Waals surface area (Å²) in [5, 5.41) is 3.02. The van der Waals surface area contributed by atoms with E-state index in [1.54, 1.807) is 32.4 Å². The molecule has 0 aliphatic carbocycles. The fraction of sp³-hybridized carbons (Fsp3) is 0.316. The van der Waals surface area contributed by atoms with Crippen LogP contribution in [0.25, 0.3) is 0 Å². The van der Waals surface area contributed by atoms with Crippen LogP contribution in [-0.2, 0) is 0 Å². The van der Waals surface area contributed by atoms with Crippen LogP contribution in [0, 0.1) is 5.82 Å². The summed E-state index contributed by atoms with van der Waals surface area (Å²) < 4.78 is 24.0. The molecule has 6 nitrogen and oxygen atoms in total. The summed E-state index contributed by atoms with van der Waals surface area (Å²) in [6.45, 7) is 0.391. The van der Waals surface area contributed by atoms with E-state index in [0.29, 0.717) is 18.0 Å². The van der Waals surface area contributed by atoms with Gasteiger partial charge in [0.2, 0.25) is 0 Å². The third-order valence-electron chi connectivity index (χ3n) is 3.95. The number of methoxy groups -OCH3 is 2. The summed E-state index contributed by atoms with van der Waals surface area (Å²) in [4.78, 5) is 6.37. The van der Waals surface area contributed by atoms with Crippen molar-refractivity contribution < 1.29 is 13.9 Å². The number of halogens is 1. The molecule has 7 heteroatoms. The lowest BCUT2D eigenvalue weighted by Crippen LogP contribution is -2.27. The van der Waals surface area contributed by atoms with Crippen LogP contribution in [-0.4, -0.2) is 45.7 Å². The van der Waals surface area contributed by atoms with Gasteiger partial charge in [-0.25, -0.2) is 4.39 Å². The minimum absolute atomic E-state index is 0.0866. The average molecular weight is 360 g/mol. The van der Waals surface area contributed by atoms with Crippen LogP contribution in [0.3, 0.4) is 0 Å². The Bertz CT molecular complexity index is 765. The summed E-state index contributed by atoms with van der Waals surface area (Å²) in [5.41, 5.74) is 7.58. The standard InChI is InChI=1S/C19H25FN4O2/c1-24(2)16(13-6-5-7-14(20)10-13)12-22-19(21)23-15-8-9-17(25-3)18(11-15)26-4/h5-11,16H,12H2,1-4H3,(H3,21,22,23). The number of nitrogens with one attached hydrogen (secondary N) is 1. The highest BCUT2D eigenvalue weighted by molar-refractivity contribution is 5.92. The zero-order valence-electron chi connectivity index (χ0n) is 15.5. The SMILES string of the molecule is COc1ccc(NC(N)=NCC(c2cccc(F)c2)N(C)C)cc1OC. The quantitative estimate of drug-likeness (QED) is 0.587. The van der Waals surface area contributed by atoms with E-state index in [9.17, 15) is 4.39 Å². The summed E-state index contributed by atoms with van der Waals surface area (Å²) in [6.07, 6.45) is 0. The van der Waals surface area contributed by atoms with Gasteiger partial charge >= 0.3 is 0 Å². The summed E-state index contributed by atoms with van der Waals surface area (Å²) in [7, 11) is 6.99. The highest BCUT2D eigenvalue weighted by atomic mass is 19.1. The van der Waals surface area contributed by atoms with Crippen LogP contribution in [0.5, 0.6) is 11.5 Å². The molecule has 0 saturated heterocycles. The van der Waals surface area contributed by atoms with Gasteiger partial charge in [-0.3, -0.25) is 4.99 Å². The van der Waals surface area contributed by atoms with Gasteiger partial charge in [-0.15, -0.1) is 0 Å². The van der Waals surface area contributed by atoms with E-state index in [2.05, 4.69) is 10.3 Å². The Labute approximate surface area is 153 Å². The molecule has 1 unspecified atom stereocenters. The van der Waals surface area contributed by atoms with Crippen molar-refractivity contribution in [2.75, 3.05) is 40.2 Å². The first-order valence-corrected chi connectivity index (χ1v) is 8.15. The molecule has 3 N–H and O–H groups in total. The third-order valence-corrected chi connectivity index (χ3v) is 3.95. The molecule has 26 heavy (non-hydrogen) atoms. The second-order valence-electron chi connectivity index (χ2n) is 5.96. The Kier molecular flexibility index (Phi) is 6.80. The number of rotatable bonds is 7. The second-order valence-corrected chi connectivity index (χ2v) is 5.96. The first kappa shape index (κ1) is 19.5. The van der Waals surface area contributed by atoms with E-state index in [1.165, 1.54) is 12.1 Å². The largest absolute Gasteiger partial charge is 0.493 e. The highest BCUT2D eigenvalue weighted by Gasteiger charge is 2.14. The predicted molar refractivity (Wildman–Crippen MR) is 102 cm³/mol. The van der Waals surface area contributed by atoms with Gasteiger partial charge in [0.25, 0.3) is 0 Å². The highest BCUT2D eigenvalue weighted by Crippen LogP contribution is 2.29. The summed E-state index contributed by atoms with van der Waals surface area (Å²) in [5.74, 6) is 1.22. The molecule has 2 rings (SSSR count). The lowest BCUT2D eigenvalue weighted by atomic mass is 10.1. The molecular weight excluding hydrogens is 335 g/mol. The number of nitrogens with zero attached hydrogens (tertiary/aromatic N) is 2. The molecule has 0 aromatic heterocycles. The van der Waals surface area contributed by atoms with Crippen molar-refractivity contribution in [3.05, 3.63) is 53.8 Å². The topological polar surface area (TPSA) is 72.1 Å². The van der Waals surface area contributed by atoms with Crippen molar-refractivity contribution in [3.63, 3.8) is 0 Å². The smallest absolute Gasteiger partial charge is 0.193 e. The molecule has 2 aromatic rings. The van der Waals surface area contributed by atoms with Crippen LogP contribution < -0.4 is 20.5 Å². The van der Waals surface area contributed by atoms with E-state index in [1.807, 2.05) is 31.1 Å². The number of benzene rings is 2. The molecule has 0 saturated carbocycles. The van der Waals surface area contributed by atoms with Crippen molar-refractivity contribution in [2.45, 2.75) is 6.04 Å². The molecule has 2 aromatic carbocycles. The molecule has 0 amide bonds. The van der Waals surface area contributed by atoms with Crippen molar-refractivity contribution >= 4 is 11.6 Å². The normalized spacial score (nSPS) is 12.8. The van der Waals surface area contributed by atoms with Gasteiger partial charge in [-0.05, 0) is 43.9 Å². The van der Waals surface area contributed by atoms with Crippen LogP contribution in [0.15, 0.2) is 47.5 Å². The zero-order chi connectivity index (χ0) is 19.1. The number of ether oxygens (including phenoxy) is 2. The maximum atomic E-state index is 13.5. The van der Waals surface area contributed by atoms with E-state index < -0.39 is 0 Å². The molecule has 0 aliphatic rings. The van der Waals surface area contributed by atoms with Gasteiger partial charge in [0, 0.05) is 11.8 Å². The van der Waals surface area contributed by atoms with Gasteiger partial charge in [0.15, 0.2) is 17.5 Å². The molecule has 0 bridgehead atoms. The fourth-order valence-electron chi connectivity index (χ4n) is 2.57. The van der Waals surface area contributed by atoms with Gasteiger partial charge in [-0.2, -0.15) is 0 Å². The predicted octanol–water partition coefficient (Wildman–Crippen LogP) is 2.87. The Balaban J connectivity index is 2.10. The van der Waals surface area contributed by atoms with Crippen LogP contribution in [0.4, 0.5) is 10.1 Å². The van der Waals surface area contributed by atoms with Crippen LogP contribution in [0.1, 0.15) is 11.6 Å². The molecule has 0 heterocycles. The van der Waals surface area contributed by atoms with E-state index >= 15 is 0 Å². The van der Waals surface area contributed by atoms with Crippen molar-refractivity contribution in [3.8, 4) is 11.5 Å². The van der Waals surface area contributed by atoms with E-state index in [4.69, 9.17) is 15.2 Å². The van der Waals surface area contributed by atoms with Gasteiger partial charge < -0.3 is 25.4 Å². The minimum Gasteiger partial charge on any atom is -0.493 e. The van der Waals surface area contributed by atoms with Crippen LogP contribution >= 0.6 is 0 Å². The average Bonchev–Trinajstić information content (AvgIpc) is 2.61. The monoisotopic (exact) mass is 360 g/mol. The van der Waals surface area contributed by atoms with Crippen molar-refractivity contribution in [2.24, 2.45) is 10.7 Å². The van der Waals surface area contributed by atoms with Crippen LogP contribution in [0.2, 0.25) is 0 Å². The molecule has 0 radical (unpaired) electrons. The number of nitrogens with two attached hydrogens (primary N) is 1. The Morgan fingerprint density at radius 1 is 1.15 bits per heavy atom. The third kappa shape index (κ3) is 5.10. The first-order chi connectivity index (χ1) is 12.4. The number of hydrogen-bond donors (Lipinski definition) is 2. The summed E-state index contributed by atoms with van der Waals surface area (Å²) in [6, 6.07) is 11.8. The maximum absolute atomic E-state index is 13.5. The number of anilines is 1. The molecule has 140 valence electrons. The second kappa shape index (κ2) is 9.05. The fourth-order valence-corrected chi connectivity index (χ4v) is 2.57. The molecule has 0 spiro atoms. The molecule has 0 aliphatic heterocycles. The minimum atomic E-state index is -0.269. The molecule has 0 fully saturated rings. The number of hydrogen-bond acceptors (Lipinski definition) is 4. The van der Waals surface area contributed by atoms with Gasteiger partial charge in [-0.1, -0.05) is 12.1 Å². The first-order valence-electron chi connectivity index (χ1n) is 8.15. The number of aliphatic imine (C=N–C) groups is 1. The maximum Gasteiger partial charge on any atom is 0.193 e. The van der Waals surface area contributed by atoms with Gasteiger partial charge in [0.1, 0.15) is 5.82 Å². The van der Waals surface area contributed by atoms with Crippen molar-refractivity contribution in [1.29, 1.82) is 0 Å². The Morgan fingerprint density at radius 3 is 2.50 bits per heavy atom. The molecular formula is C19H25FN4O2. The molecule has 1 atom stereocenters. The van der Waals surface area contributed by atoms with E-state index in [0.717, 1.165) is 11.3 Å². The number of likely N-dealkylation sites (N-methyl/N-ethyl adjacent to an activating group) is 1. The zero-order valence-corrected chi connectivity index (χ0v) is 15.5. The summed E-state index contributed by atoms with van der Waals surface area (Å²) >= 11 is 0. The lowest BCUT2D eigenvalue weighted by Gasteiger charge is -2.23. The number of guanidine groups is 1.